The van der Waals surface area contributed by atoms with Gasteiger partial charge in [-0.3, -0.25) is 0 Å². The van der Waals surface area contributed by atoms with E-state index in [0.717, 1.165) is 34.2 Å². The standard InChI is InChI=1S/C23H25NO4/c1-25-21-12-13-23(26-2)22(16-21)24-17-18-8-10-20(11-9-18)28-15-14-27-19-6-4-3-5-7-19/h3-13,16,24H,14-15,17H2,1-2H3. The molecule has 0 atom stereocenters. The number of hydrogen-bond acceptors (Lipinski definition) is 5. The summed E-state index contributed by atoms with van der Waals surface area (Å²) in [4.78, 5) is 0. The van der Waals surface area contributed by atoms with E-state index in [1.165, 1.54) is 0 Å². The van der Waals surface area contributed by atoms with Crippen molar-refractivity contribution in [3.8, 4) is 23.0 Å². The van der Waals surface area contributed by atoms with Crippen LogP contribution in [0.2, 0.25) is 0 Å². The highest BCUT2D eigenvalue weighted by Gasteiger charge is 2.05. The largest absolute Gasteiger partial charge is 0.497 e. The Morgan fingerprint density at radius 3 is 1.96 bits per heavy atom. The third kappa shape index (κ3) is 5.58. The number of hydrogen-bond donors (Lipinski definition) is 1. The number of ether oxygens (including phenoxy) is 4. The van der Waals surface area contributed by atoms with Crippen molar-refractivity contribution in [2.24, 2.45) is 0 Å². The van der Waals surface area contributed by atoms with Gasteiger partial charge in [0, 0.05) is 12.6 Å². The van der Waals surface area contributed by atoms with Gasteiger partial charge in [0.2, 0.25) is 0 Å². The molecule has 0 bridgehead atoms. The van der Waals surface area contributed by atoms with E-state index in [9.17, 15) is 0 Å². The molecule has 146 valence electrons. The lowest BCUT2D eigenvalue weighted by atomic mass is 10.2. The van der Waals surface area contributed by atoms with Gasteiger partial charge in [-0.2, -0.15) is 0 Å². The fraction of sp³-hybridized carbons (Fsp3) is 0.217. The van der Waals surface area contributed by atoms with Gasteiger partial charge in [0.15, 0.2) is 0 Å². The van der Waals surface area contributed by atoms with Crippen LogP contribution in [0.5, 0.6) is 23.0 Å². The Morgan fingerprint density at radius 1 is 0.679 bits per heavy atom. The minimum Gasteiger partial charge on any atom is -0.497 e. The number of nitrogens with one attached hydrogen (secondary N) is 1. The topological polar surface area (TPSA) is 49.0 Å². The first-order valence-electron chi connectivity index (χ1n) is 9.14. The highest BCUT2D eigenvalue weighted by molar-refractivity contribution is 5.60. The van der Waals surface area contributed by atoms with Gasteiger partial charge in [0.25, 0.3) is 0 Å². The predicted octanol–water partition coefficient (Wildman–Crippen LogP) is 4.77. The number of para-hydroxylation sites is 1. The molecule has 0 heterocycles. The van der Waals surface area contributed by atoms with Crippen LogP contribution in [0.25, 0.3) is 0 Å². The molecule has 0 spiro atoms. The van der Waals surface area contributed by atoms with E-state index in [-0.39, 0.29) is 0 Å². The summed E-state index contributed by atoms with van der Waals surface area (Å²) in [5.41, 5.74) is 2.03. The molecular formula is C23H25NO4. The molecule has 1 N–H and O–H groups in total. The monoisotopic (exact) mass is 379 g/mol. The van der Waals surface area contributed by atoms with Gasteiger partial charge in [0.1, 0.15) is 36.2 Å². The third-order valence-electron chi connectivity index (χ3n) is 4.18. The molecule has 0 fully saturated rings. The van der Waals surface area contributed by atoms with Crippen molar-refractivity contribution in [2.75, 3.05) is 32.8 Å². The molecule has 0 saturated heterocycles. The smallest absolute Gasteiger partial charge is 0.142 e. The lowest BCUT2D eigenvalue weighted by molar-refractivity contribution is 0.217. The zero-order valence-electron chi connectivity index (χ0n) is 16.2. The summed E-state index contributed by atoms with van der Waals surface area (Å²) in [6.07, 6.45) is 0. The summed E-state index contributed by atoms with van der Waals surface area (Å²) in [7, 11) is 3.30. The van der Waals surface area contributed by atoms with Crippen LogP contribution in [-0.2, 0) is 6.54 Å². The normalized spacial score (nSPS) is 10.2. The van der Waals surface area contributed by atoms with Crippen molar-refractivity contribution in [1.82, 2.24) is 0 Å². The molecule has 0 radical (unpaired) electrons. The van der Waals surface area contributed by atoms with Crippen LogP contribution in [0.15, 0.2) is 72.8 Å². The van der Waals surface area contributed by atoms with Crippen LogP contribution in [0, 0.1) is 0 Å². The second kappa shape index (κ2) is 10.1. The summed E-state index contributed by atoms with van der Waals surface area (Å²) in [5, 5.41) is 3.38. The summed E-state index contributed by atoms with van der Waals surface area (Å²) < 4.78 is 22.0. The van der Waals surface area contributed by atoms with E-state index in [1.54, 1.807) is 14.2 Å². The third-order valence-corrected chi connectivity index (χ3v) is 4.18. The average Bonchev–Trinajstić information content (AvgIpc) is 2.76. The maximum Gasteiger partial charge on any atom is 0.142 e. The minimum atomic E-state index is 0.494. The molecule has 5 heteroatoms. The van der Waals surface area contributed by atoms with Gasteiger partial charge in [-0.15, -0.1) is 0 Å². The van der Waals surface area contributed by atoms with Gasteiger partial charge in [-0.1, -0.05) is 30.3 Å². The first kappa shape index (κ1) is 19.4. The number of benzene rings is 3. The van der Waals surface area contributed by atoms with Crippen LogP contribution in [0.4, 0.5) is 5.69 Å². The number of rotatable bonds is 10. The number of methoxy groups -OCH3 is 2. The molecule has 3 aromatic rings. The van der Waals surface area contributed by atoms with E-state index in [4.69, 9.17) is 18.9 Å². The van der Waals surface area contributed by atoms with E-state index < -0.39 is 0 Å². The van der Waals surface area contributed by atoms with Gasteiger partial charge >= 0.3 is 0 Å². The molecule has 3 rings (SSSR count). The average molecular weight is 379 g/mol. The first-order valence-corrected chi connectivity index (χ1v) is 9.14. The van der Waals surface area contributed by atoms with Crippen molar-refractivity contribution < 1.29 is 18.9 Å². The SMILES string of the molecule is COc1ccc(OC)c(NCc2ccc(OCCOc3ccccc3)cc2)c1. The van der Waals surface area contributed by atoms with Crippen molar-refractivity contribution >= 4 is 5.69 Å². The quantitative estimate of drug-likeness (QED) is 0.514. The Balaban J connectivity index is 1.47. The van der Waals surface area contributed by atoms with Crippen LogP contribution in [0.3, 0.4) is 0 Å². The van der Waals surface area contributed by atoms with E-state index >= 15 is 0 Å². The summed E-state index contributed by atoms with van der Waals surface area (Å²) in [5.74, 6) is 3.23. The fourth-order valence-electron chi connectivity index (χ4n) is 2.69. The molecule has 0 unspecified atom stereocenters. The highest BCUT2D eigenvalue weighted by atomic mass is 16.5. The Kier molecular flexibility index (Phi) is 7.01. The molecule has 28 heavy (non-hydrogen) atoms. The molecule has 0 aliphatic rings. The molecule has 0 amide bonds. The molecular weight excluding hydrogens is 354 g/mol. The molecule has 3 aromatic carbocycles. The maximum atomic E-state index is 5.73. The van der Waals surface area contributed by atoms with Crippen molar-refractivity contribution in [3.63, 3.8) is 0 Å². The van der Waals surface area contributed by atoms with Crippen molar-refractivity contribution in [1.29, 1.82) is 0 Å². The van der Waals surface area contributed by atoms with Gasteiger partial charge in [0.05, 0.1) is 19.9 Å². The van der Waals surface area contributed by atoms with E-state index in [0.29, 0.717) is 19.8 Å². The first-order chi connectivity index (χ1) is 13.8. The second-order valence-electron chi connectivity index (χ2n) is 6.07. The predicted molar refractivity (Wildman–Crippen MR) is 111 cm³/mol. The van der Waals surface area contributed by atoms with Gasteiger partial charge in [-0.25, -0.2) is 0 Å². The zero-order valence-corrected chi connectivity index (χ0v) is 16.2. The van der Waals surface area contributed by atoms with Crippen LogP contribution in [-0.4, -0.2) is 27.4 Å². The zero-order chi connectivity index (χ0) is 19.6. The summed E-state index contributed by atoms with van der Waals surface area (Å²) in [6.45, 7) is 1.66. The van der Waals surface area contributed by atoms with E-state index in [2.05, 4.69) is 5.32 Å². The Labute approximate surface area is 165 Å². The Morgan fingerprint density at radius 2 is 1.32 bits per heavy atom. The highest BCUT2D eigenvalue weighted by Crippen LogP contribution is 2.29. The fourth-order valence-corrected chi connectivity index (χ4v) is 2.69. The maximum absolute atomic E-state index is 5.73. The lowest BCUT2D eigenvalue weighted by Crippen LogP contribution is -2.09. The molecule has 0 saturated carbocycles. The minimum absolute atomic E-state index is 0.494. The number of anilines is 1. The lowest BCUT2D eigenvalue weighted by Gasteiger charge is -2.13. The van der Waals surface area contributed by atoms with E-state index in [1.807, 2.05) is 72.8 Å². The Hall–Kier alpha value is -3.34. The second-order valence-corrected chi connectivity index (χ2v) is 6.07. The molecule has 0 aliphatic carbocycles. The van der Waals surface area contributed by atoms with Gasteiger partial charge in [-0.05, 0) is 42.0 Å². The summed E-state index contributed by atoms with van der Waals surface area (Å²) >= 11 is 0. The Bertz CT molecular complexity index is 850. The van der Waals surface area contributed by atoms with Gasteiger partial charge < -0.3 is 24.3 Å². The summed E-state index contributed by atoms with van der Waals surface area (Å²) in [6, 6.07) is 23.4. The van der Waals surface area contributed by atoms with Crippen LogP contribution < -0.4 is 24.3 Å². The van der Waals surface area contributed by atoms with Crippen molar-refractivity contribution in [2.45, 2.75) is 6.54 Å². The van der Waals surface area contributed by atoms with Crippen molar-refractivity contribution in [3.05, 3.63) is 78.4 Å². The molecule has 0 aromatic heterocycles. The molecule has 5 nitrogen and oxygen atoms in total. The van der Waals surface area contributed by atoms with Crippen LogP contribution >= 0.6 is 0 Å². The van der Waals surface area contributed by atoms with Crippen LogP contribution in [0.1, 0.15) is 5.56 Å². The molecule has 0 aliphatic heterocycles.